The average Bonchev–Trinajstić information content (AvgIpc) is 2.37. The Labute approximate surface area is 109 Å². The molecular weight excluding hydrogens is 248 g/mol. The average molecular weight is 268 g/mol. The minimum atomic E-state index is -3.20. The second-order valence-electron chi connectivity index (χ2n) is 4.68. The Morgan fingerprint density at radius 1 is 1.33 bits per heavy atom. The van der Waals surface area contributed by atoms with Crippen molar-refractivity contribution in [1.29, 1.82) is 0 Å². The first-order valence-electron chi connectivity index (χ1n) is 6.35. The van der Waals surface area contributed by atoms with Crippen molar-refractivity contribution in [2.75, 3.05) is 19.3 Å². The highest BCUT2D eigenvalue weighted by atomic mass is 32.2. The first-order chi connectivity index (χ1) is 8.62. The first kappa shape index (κ1) is 13.5. The molecule has 0 bridgehead atoms. The molecular formula is C13H20N2O2S. The molecule has 0 saturated heterocycles. The van der Waals surface area contributed by atoms with Gasteiger partial charge >= 0.3 is 0 Å². The minimum absolute atomic E-state index is 0.0585. The largest absolute Gasteiger partial charge is 0.319 e. The topological polar surface area (TPSA) is 58.2 Å². The van der Waals surface area contributed by atoms with Crippen molar-refractivity contribution >= 4 is 10.0 Å². The number of hydrogen-bond acceptors (Lipinski definition) is 3. The first-order valence-corrected chi connectivity index (χ1v) is 8.00. The molecule has 0 spiro atoms. The van der Waals surface area contributed by atoms with Gasteiger partial charge in [0.25, 0.3) is 0 Å². The Morgan fingerprint density at radius 2 is 2.11 bits per heavy atom. The van der Waals surface area contributed by atoms with Gasteiger partial charge in [0.2, 0.25) is 10.0 Å². The Hall–Kier alpha value is -0.910. The second kappa shape index (κ2) is 5.82. The molecule has 1 aliphatic carbocycles. The van der Waals surface area contributed by atoms with Crippen LogP contribution in [0, 0.1) is 0 Å². The normalized spacial score (nSPS) is 19.5. The van der Waals surface area contributed by atoms with Crippen molar-refractivity contribution in [3.05, 3.63) is 35.4 Å². The van der Waals surface area contributed by atoms with Crippen LogP contribution in [-0.4, -0.2) is 27.8 Å². The van der Waals surface area contributed by atoms with Crippen LogP contribution >= 0.6 is 0 Å². The monoisotopic (exact) mass is 268 g/mol. The van der Waals surface area contributed by atoms with Gasteiger partial charge in [-0.05, 0) is 37.4 Å². The quantitative estimate of drug-likeness (QED) is 0.844. The molecule has 0 saturated carbocycles. The van der Waals surface area contributed by atoms with Crippen LogP contribution in [0.5, 0.6) is 0 Å². The van der Waals surface area contributed by atoms with Crippen molar-refractivity contribution in [2.24, 2.45) is 0 Å². The van der Waals surface area contributed by atoms with Gasteiger partial charge in [-0.1, -0.05) is 24.3 Å². The summed E-state index contributed by atoms with van der Waals surface area (Å²) in [6, 6.07) is 8.04. The summed E-state index contributed by atoms with van der Waals surface area (Å²) in [5.41, 5.74) is 2.40. The third-order valence-corrected chi connectivity index (χ3v) is 4.70. The van der Waals surface area contributed by atoms with E-state index in [-0.39, 0.29) is 11.8 Å². The number of hydrogen-bond donors (Lipinski definition) is 2. The zero-order valence-corrected chi connectivity index (χ0v) is 11.5. The summed E-state index contributed by atoms with van der Waals surface area (Å²) in [5, 5.41) is 2.86. The highest BCUT2D eigenvalue weighted by Gasteiger charge is 2.23. The van der Waals surface area contributed by atoms with Crippen molar-refractivity contribution < 1.29 is 8.42 Å². The smallest absolute Gasteiger partial charge is 0.213 e. The molecule has 0 amide bonds. The van der Waals surface area contributed by atoms with Gasteiger partial charge in [-0.25, -0.2) is 13.1 Å². The maximum Gasteiger partial charge on any atom is 0.213 e. The van der Waals surface area contributed by atoms with Crippen LogP contribution in [0.25, 0.3) is 0 Å². The van der Waals surface area contributed by atoms with Crippen LogP contribution in [-0.2, 0) is 16.4 Å². The molecule has 0 fully saturated rings. The molecule has 0 aliphatic heterocycles. The summed E-state index contributed by atoms with van der Waals surface area (Å²) in [6.07, 6.45) is 2.97. The molecule has 1 aromatic rings. The van der Waals surface area contributed by atoms with E-state index >= 15 is 0 Å². The molecule has 1 atom stereocenters. The van der Waals surface area contributed by atoms with E-state index in [1.807, 2.05) is 18.2 Å². The Balaban J connectivity index is 2.12. The van der Waals surface area contributed by atoms with Crippen LogP contribution < -0.4 is 10.0 Å². The summed E-state index contributed by atoms with van der Waals surface area (Å²) < 4.78 is 26.7. The van der Waals surface area contributed by atoms with E-state index in [0.717, 1.165) is 24.8 Å². The van der Waals surface area contributed by atoms with E-state index < -0.39 is 10.0 Å². The molecule has 2 N–H and O–H groups in total. The van der Waals surface area contributed by atoms with E-state index in [1.54, 1.807) is 7.05 Å². The Morgan fingerprint density at radius 3 is 2.89 bits per heavy atom. The molecule has 1 aliphatic rings. The summed E-state index contributed by atoms with van der Waals surface area (Å²) in [5.74, 6) is 0.127. The molecule has 18 heavy (non-hydrogen) atoms. The van der Waals surface area contributed by atoms with E-state index in [9.17, 15) is 8.42 Å². The fraction of sp³-hybridized carbons (Fsp3) is 0.538. The lowest BCUT2D eigenvalue weighted by molar-refractivity contribution is 0.506. The molecule has 2 rings (SSSR count). The van der Waals surface area contributed by atoms with Crippen LogP contribution in [0.15, 0.2) is 24.3 Å². The fourth-order valence-corrected chi connectivity index (χ4v) is 3.66. The predicted molar refractivity (Wildman–Crippen MR) is 73.0 cm³/mol. The van der Waals surface area contributed by atoms with Gasteiger partial charge < -0.3 is 5.32 Å². The molecule has 0 radical (unpaired) electrons. The van der Waals surface area contributed by atoms with Gasteiger partial charge in [0.15, 0.2) is 0 Å². The molecule has 100 valence electrons. The fourth-order valence-electron chi connectivity index (χ4n) is 2.39. The number of fused-ring (bicyclic) bond motifs is 1. The second-order valence-corrected chi connectivity index (χ2v) is 6.56. The van der Waals surface area contributed by atoms with Crippen molar-refractivity contribution in [1.82, 2.24) is 10.0 Å². The number of sulfonamides is 1. The number of rotatable bonds is 5. The molecule has 4 nitrogen and oxygen atoms in total. The molecule has 1 unspecified atom stereocenters. The Bertz CT molecular complexity index is 499. The SMILES string of the molecule is CNCCS(=O)(=O)NC1CCCc2ccccc21. The van der Waals surface area contributed by atoms with Crippen LogP contribution in [0.4, 0.5) is 0 Å². The van der Waals surface area contributed by atoms with E-state index in [4.69, 9.17) is 0 Å². The highest BCUT2D eigenvalue weighted by molar-refractivity contribution is 7.89. The van der Waals surface area contributed by atoms with Gasteiger partial charge in [0, 0.05) is 12.6 Å². The molecule has 1 aromatic carbocycles. The van der Waals surface area contributed by atoms with Crippen LogP contribution in [0.1, 0.15) is 30.0 Å². The van der Waals surface area contributed by atoms with Gasteiger partial charge in [-0.15, -0.1) is 0 Å². The maximum atomic E-state index is 11.9. The standard InChI is InChI=1S/C13H20N2O2S/c1-14-9-10-18(16,17)15-13-8-4-6-11-5-2-3-7-12(11)13/h2-3,5,7,13-15H,4,6,8-10H2,1H3. The molecule has 0 aromatic heterocycles. The van der Waals surface area contributed by atoms with Crippen molar-refractivity contribution in [2.45, 2.75) is 25.3 Å². The lowest BCUT2D eigenvalue weighted by Crippen LogP contribution is -2.35. The summed E-state index contributed by atoms with van der Waals surface area (Å²) in [7, 11) is -1.44. The molecule has 5 heteroatoms. The summed E-state index contributed by atoms with van der Waals surface area (Å²) >= 11 is 0. The van der Waals surface area contributed by atoms with Gasteiger partial charge in [-0.2, -0.15) is 0 Å². The minimum Gasteiger partial charge on any atom is -0.319 e. The Kier molecular flexibility index (Phi) is 4.37. The lowest BCUT2D eigenvalue weighted by Gasteiger charge is -2.26. The zero-order chi connectivity index (χ0) is 13.0. The number of aryl methyl sites for hydroxylation is 1. The van der Waals surface area contributed by atoms with Gasteiger partial charge in [0.05, 0.1) is 5.75 Å². The van der Waals surface area contributed by atoms with E-state index in [1.165, 1.54) is 5.56 Å². The van der Waals surface area contributed by atoms with Crippen LogP contribution in [0.2, 0.25) is 0 Å². The summed E-state index contributed by atoms with van der Waals surface area (Å²) in [4.78, 5) is 0. The summed E-state index contributed by atoms with van der Waals surface area (Å²) in [6.45, 7) is 0.476. The van der Waals surface area contributed by atoms with Crippen LogP contribution in [0.3, 0.4) is 0 Å². The van der Waals surface area contributed by atoms with Crippen molar-refractivity contribution in [3.8, 4) is 0 Å². The zero-order valence-electron chi connectivity index (χ0n) is 10.6. The predicted octanol–water partition coefficient (Wildman–Crippen LogP) is 1.20. The van der Waals surface area contributed by atoms with Gasteiger partial charge in [-0.3, -0.25) is 0 Å². The van der Waals surface area contributed by atoms with E-state index in [2.05, 4.69) is 16.1 Å². The van der Waals surface area contributed by atoms with E-state index in [0.29, 0.717) is 6.54 Å². The highest BCUT2D eigenvalue weighted by Crippen LogP contribution is 2.29. The number of nitrogens with one attached hydrogen (secondary N) is 2. The molecule has 0 heterocycles. The third-order valence-electron chi connectivity index (χ3n) is 3.31. The van der Waals surface area contributed by atoms with Gasteiger partial charge in [0.1, 0.15) is 0 Å². The lowest BCUT2D eigenvalue weighted by atomic mass is 9.88. The number of benzene rings is 1. The van der Waals surface area contributed by atoms with Crippen molar-refractivity contribution in [3.63, 3.8) is 0 Å². The third kappa shape index (κ3) is 3.31. The maximum absolute atomic E-state index is 11.9.